The number of tetrazole rings is 2. The lowest BCUT2D eigenvalue weighted by Gasteiger charge is -2.06. The zero-order chi connectivity index (χ0) is 22.9. The van der Waals surface area contributed by atoms with Crippen LogP contribution in [0.5, 0.6) is 0 Å². The van der Waals surface area contributed by atoms with Crippen molar-refractivity contribution >= 4 is 41.6 Å². The molecule has 166 valence electrons. The standard InChI is InChI=1S/C14H12N10O4S4/c15-31(25,26)11-5-1-9(2-6-11)23-13(17-19-21-23)29-30-14-18-20-22-24(14)10-3-7-12(8-4-10)32(16,27)28/h1-8H,(H2,15,25,26)(H2,16,27,28). The number of nitrogens with two attached hydrogens (primary N) is 2. The molecule has 0 unspecified atom stereocenters. The first kappa shape index (κ1) is 22.3. The van der Waals surface area contributed by atoms with E-state index in [0.29, 0.717) is 21.7 Å². The Balaban J connectivity index is 1.53. The Kier molecular flexibility index (Phi) is 5.97. The molecule has 0 spiro atoms. The minimum Gasteiger partial charge on any atom is -0.225 e. The Bertz CT molecular complexity index is 1350. The van der Waals surface area contributed by atoms with E-state index >= 15 is 0 Å². The summed E-state index contributed by atoms with van der Waals surface area (Å²) in [6, 6.07) is 11.5. The Morgan fingerprint density at radius 3 is 1.28 bits per heavy atom. The van der Waals surface area contributed by atoms with E-state index in [2.05, 4.69) is 31.1 Å². The van der Waals surface area contributed by atoms with Crippen LogP contribution in [-0.2, 0) is 20.0 Å². The molecule has 4 N–H and O–H groups in total. The van der Waals surface area contributed by atoms with Crippen molar-refractivity contribution in [3.8, 4) is 11.4 Å². The summed E-state index contributed by atoms with van der Waals surface area (Å²) in [5.74, 6) is 0. The first-order valence-electron chi connectivity index (χ1n) is 8.31. The zero-order valence-corrected chi connectivity index (χ0v) is 18.9. The SMILES string of the molecule is NS(=O)(=O)c1ccc(-n2nnnc2SSc2nnnn2-c2ccc(S(N)(=O)=O)cc2)cc1. The number of primary sulfonamides is 2. The fourth-order valence-corrected chi connectivity index (χ4v) is 5.23. The van der Waals surface area contributed by atoms with Gasteiger partial charge in [0.1, 0.15) is 0 Å². The van der Waals surface area contributed by atoms with Crippen molar-refractivity contribution in [2.24, 2.45) is 10.3 Å². The molecule has 4 aromatic rings. The Morgan fingerprint density at radius 1 is 0.625 bits per heavy atom. The summed E-state index contributed by atoms with van der Waals surface area (Å²) in [7, 11) is -5.32. The van der Waals surface area contributed by atoms with Gasteiger partial charge >= 0.3 is 0 Å². The molecular weight excluding hydrogens is 500 g/mol. The van der Waals surface area contributed by atoms with Crippen molar-refractivity contribution in [1.29, 1.82) is 0 Å². The number of hydrogen-bond donors (Lipinski definition) is 2. The Labute approximate surface area is 188 Å². The number of benzene rings is 2. The van der Waals surface area contributed by atoms with Crippen LogP contribution in [0.4, 0.5) is 0 Å². The molecule has 0 aliphatic rings. The molecule has 4 rings (SSSR count). The molecule has 2 aromatic heterocycles. The second-order valence-electron chi connectivity index (χ2n) is 5.99. The average Bonchev–Trinajstić information content (AvgIpc) is 3.40. The van der Waals surface area contributed by atoms with Gasteiger partial charge in [0.25, 0.3) is 0 Å². The third-order valence-electron chi connectivity index (χ3n) is 3.89. The van der Waals surface area contributed by atoms with Gasteiger partial charge in [-0.05, 0) is 91.0 Å². The van der Waals surface area contributed by atoms with Crippen molar-refractivity contribution < 1.29 is 16.8 Å². The van der Waals surface area contributed by atoms with Gasteiger partial charge in [-0.2, -0.15) is 9.36 Å². The summed E-state index contributed by atoms with van der Waals surface area (Å²) in [6.45, 7) is 0. The lowest BCUT2D eigenvalue weighted by molar-refractivity contribution is 0.596. The summed E-state index contributed by atoms with van der Waals surface area (Å²) in [5, 5.41) is 34.0. The van der Waals surface area contributed by atoms with Crippen LogP contribution in [-0.4, -0.2) is 57.3 Å². The zero-order valence-electron chi connectivity index (χ0n) is 15.6. The molecule has 14 nitrogen and oxygen atoms in total. The fraction of sp³-hybridized carbons (Fsp3) is 0. The van der Waals surface area contributed by atoms with E-state index in [9.17, 15) is 16.8 Å². The summed E-state index contributed by atoms with van der Waals surface area (Å²) in [5.41, 5.74) is 1.03. The largest absolute Gasteiger partial charge is 0.238 e. The van der Waals surface area contributed by atoms with E-state index in [1.54, 1.807) is 0 Å². The number of nitrogens with zero attached hydrogens (tertiary/aromatic N) is 8. The molecule has 0 amide bonds. The molecule has 2 aromatic carbocycles. The summed E-state index contributed by atoms with van der Waals surface area (Å²) >= 11 is 0. The summed E-state index contributed by atoms with van der Waals surface area (Å²) in [4.78, 5) is -0.0731. The van der Waals surface area contributed by atoms with Crippen LogP contribution in [0.3, 0.4) is 0 Å². The molecule has 0 aliphatic heterocycles. The van der Waals surface area contributed by atoms with Crippen LogP contribution in [0.15, 0.2) is 68.6 Å². The van der Waals surface area contributed by atoms with E-state index in [0.717, 1.165) is 21.6 Å². The molecule has 0 radical (unpaired) electrons. The van der Waals surface area contributed by atoms with Gasteiger partial charge in [-0.25, -0.2) is 27.1 Å². The minimum absolute atomic E-state index is 0.0365. The quantitative estimate of drug-likeness (QED) is 0.307. The van der Waals surface area contributed by atoms with E-state index in [1.165, 1.54) is 57.9 Å². The predicted octanol–water partition coefficient (Wildman–Crippen LogP) is -0.268. The van der Waals surface area contributed by atoms with Gasteiger partial charge in [0.2, 0.25) is 30.4 Å². The number of aromatic nitrogens is 8. The molecular formula is C14H12N10O4S4. The van der Waals surface area contributed by atoms with Crippen molar-refractivity contribution in [2.45, 2.75) is 20.1 Å². The van der Waals surface area contributed by atoms with Crippen LogP contribution in [0, 0.1) is 0 Å². The molecule has 0 saturated heterocycles. The van der Waals surface area contributed by atoms with Crippen molar-refractivity contribution in [3.05, 3.63) is 48.5 Å². The highest BCUT2D eigenvalue weighted by Crippen LogP contribution is 2.36. The van der Waals surface area contributed by atoms with Gasteiger partial charge in [-0.3, -0.25) is 0 Å². The van der Waals surface area contributed by atoms with Crippen molar-refractivity contribution in [3.63, 3.8) is 0 Å². The number of rotatable bonds is 7. The maximum absolute atomic E-state index is 11.4. The van der Waals surface area contributed by atoms with Crippen LogP contribution in [0.2, 0.25) is 0 Å². The maximum Gasteiger partial charge on any atom is 0.238 e. The van der Waals surface area contributed by atoms with E-state index in [1.807, 2.05) is 0 Å². The van der Waals surface area contributed by atoms with E-state index < -0.39 is 20.0 Å². The Morgan fingerprint density at radius 2 is 0.969 bits per heavy atom. The topological polar surface area (TPSA) is 208 Å². The fourth-order valence-electron chi connectivity index (χ4n) is 2.41. The highest BCUT2D eigenvalue weighted by molar-refractivity contribution is 8.76. The summed E-state index contributed by atoms with van der Waals surface area (Å²) < 4.78 is 48.5. The summed E-state index contributed by atoms with van der Waals surface area (Å²) in [6.07, 6.45) is 0. The van der Waals surface area contributed by atoms with E-state index in [-0.39, 0.29) is 9.79 Å². The smallest absolute Gasteiger partial charge is 0.225 e. The highest BCUT2D eigenvalue weighted by Gasteiger charge is 2.16. The average molecular weight is 513 g/mol. The van der Waals surface area contributed by atoms with Gasteiger partial charge in [0.15, 0.2) is 0 Å². The third kappa shape index (κ3) is 4.79. The van der Waals surface area contributed by atoms with Crippen molar-refractivity contribution in [2.75, 3.05) is 0 Å². The van der Waals surface area contributed by atoms with Crippen LogP contribution < -0.4 is 10.3 Å². The minimum atomic E-state index is -3.82. The highest BCUT2D eigenvalue weighted by atomic mass is 33.1. The number of sulfonamides is 2. The van der Waals surface area contributed by atoms with E-state index in [4.69, 9.17) is 10.3 Å². The first-order chi connectivity index (χ1) is 15.1. The van der Waals surface area contributed by atoms with Gasteiger partial charge in [0.05, 0.1) is 21.2 Å². The van der Waals surface area contributed by atoms with Crippen LogP contribution in [0.1, 0.15) is 0 Å². The van der Waals surface area contributed by atoms with Crippen molar-refractivity contribution in [1.82, 2.24) is 40.4 Å². The van der Waals surface area contributed by atoms with Gasteiger partial charge in [0, 0.05) is 0 Å². The van der Waals surface area contributed by atoms with Crippen LogP contribution in [0.25, 0.3) is 11.4 Å². The molecule has 0 atom stereocenters. The lowest BCUT2D eigenvalue weighted by atomic mass is 10.3. The second-order valence-corrected chi connectivity index (χ2v) is 11.2. The van der Waals surface area contributed by atoms with Gasteiger partial charge in [-0.15, -0.1) is 10.2 Å². The lowest BCUT2D eigenvalue weighted by Crippen LogP contribution is -2.12. The predicted molar refractivity (Wildman–Crippen MR) is 113 cm³/mol. The molecule has 0 aliphatic carbocycles. The normalized spacial score (nSPS) is 12.2. The van der Waals surface area contributed by atoms with Gasteiger partial charge in [-0.1, -0.05) is 0 Å². The second kappa shape index (κ2) is 8.56. The molecule has 2 heterocycles. The van der Waals surface area contributed by atoms with Gasteiger partial charge < -0.3 is 0 Å². The molecule has 0 fully saturated rings. The van der Waals surface area contributed by atoms with Crippen LogP contribution >= 0.6 is 21.6 Å². The third-order valence-corrected chi connectivity index (χ3v) is 7.79. The Hall–Kier alpha value is -2.90. The molecule has 18 heteroatoms. The maximum atomic E-state index is 11.4. The molecule has 0 saturated carbocycles. The molecule has 32 heavy (non-hydrogen) atoms. The monoisotopic (exact) mass is 512 g/mol. The number of hydrogen-bond acceptors (Lipinski definition) is 12. The molecule has 0 bridgehead atoms. The first-order valence-corrected chi connectivity index (χ1v) is 13.5.